The van der Waals surface area contributed by atoms with Crippen molar-refractivity contribution in [2.24, 2.45) is 12.5 Å². The number of aliphatic hydroxyl groups excluding tert-OH is 1. The highest BCUT2D eigenvalue weighted by Gasteiger charge is 2.24. The van der Waals surface area contributed by atoms with Crippen molar-refractivity contribution in [1.29, 1.82) is 0 Å². The van der Waals surface area contributed by atoms with Gasteiger partial charge in [-0.1, -0.05) is 20.8 Å². The summed E-state index contributed by atoms with van der Waals surface area (Å²) >= 11 is 0. The average Bonchev–Trinajstić information content (AvgIpc) is 2.67. The van der Waals surface area contributed by atoms with Crippen LogP contribution in [0.3, 0.4) is 0 Å². The molecule has 4 nitrogen and oxygen atoms in total. The largest absolute Gasteiger partial charge is 0.392 e. The van der Waals surface area contributed by atoms with E-state index in [1.54, 1.807) is 0 Å². The van der Waals surface area contributed by atoms with Gasteiger partial charge in [0, 0.05) is 30.9 Å². The Balaban J connectivity index is 1.91. The van der Waals surface area contributed by atoms with Crippen molar-refractivity contribution in [3.05, 3.63) is 17.5 Å². The summed E-state index contributed by atoms with van der Waals surface area (Å²) in [7, 11) is 2.01. The molecule has 108 valence electrons. The van der Waals surface area contributed by atoms with E-state index in [4.69, 9.17) is 0 Å². The number of aliphatic hydroxyl groups is 1. The summed E-state index contributed by atoms with van der Waals surface area (Å²) in [4.78, 5) is 0. The number of aromatic nitrogens is 2. The van der Waals surface area contributed by atoms with Gasteiger partial charge >= 0.3 is 0 Å². The molecule has 1 aliphatic carbocycles. The summed E-state index contributed by atoms with van der Waals surface area (Å²) in [6, 6.07) is 0.354. The van der Waals surface area contributed by atoms with Gasteiger partial charge in [0.05, 0.1) is 12.3 Å². The van der Waals surface area contributed by atoms with Gasteiger partial charge in [-0.25, -0.2) is 0 Å². The summed E-state index contributed by atoms with van der Waals surface area (Å²) in [6.45, 7) is 7.15. The van der Waals surface area contributed by atoms with Crippen LogP contribution in [0.1, 0.15) is 57.3 Å². The third kappa shape index (κ3) is 3.80. The van der Waals surface area contributed by atoms with Crippen molar-refractivity contribution < 1.29 is 5.11 Å². The van der Waals surface area contributed by atoms with Gasteiger partial charge in [-0.3, -0.25) is 4.68 Å². The van der Waals surface area contributed by atoms with Crippen LogP contribution in [-0.2, 0) is 13.5 Å². The molecule has 0 spiro atoms. The van der Waals surface area contributed by atoms with E-state index in [9.17, 15) is 5.11 Å². The lowest BCUT2D eigenvalue weighted by molar-refractivity contribution is 0.115. The molecule has 0 radical (unpaired) electrons. The Bertz CT molecular complexity index is 420. The Kier molecular flexibility index (Phi) is 4.31. The smallest absolute Gasteiger partial charge is 0.0669 e. The van der Waals surface area contributed by atoms with Gasteiger partial charge in [0.25, 0.3) is 0 Å². The Morgan fingerprint density at radius 3 is 2.95 bits per heavy atom. The molecule has 0 fully saturated rings. The van der Waals surface area contributed by atoms with Crippen LogP contribution < -0.4 is 5.32 Å². The quantitative estimate of drug-likeness (QED) is 0.877. The fourth-order valence-corrected chi connectivity index (χ4v) is 2.98. The molecule has 2 rings (SSSR count). The van der Waals surface area contributed by atoms with E-state index in [0.717, 1.165) is 19.3 Å². The van der Waals surface area contributed by atoms with E-state index >= 15 is 0 Å². The number of rotatable bonds is 4. The predicted octanol–water partition coefficient (Wildman–Crippen LogP) is 2.18. The molecule has 1 aliphatic rings. The molecule has 0 amide bonds. The van der Waals surface area contributed by atoms with Crippen molar-refractivity contribution in [1.82, 2.24) is 15.1 Å². The lowest BCUT2D eigenvalue weighted by Gasteiger charge is -2.27. The highest BCUT2D eigenvalue weighted by molar-refractivity contribution is 5.24. The summed E-state index contributed by atoms with van der Waals surface area (Å²) in [5.74, 6) is 0. The molecule has 1 aromatic heterocycles. The molecule has 2 N–H and O–H groups in total. The maximum atomic E-state index is 10.1. The first-order chi connectivity index (χ1) is 8.87. The lowest BCUT2D eigenvalue weighted by atomic mass is 9.88. The molecule has 0 bridgehead atoms. The predicted molar refractivity (Wildman–Crippen MR) is 77.0 cm³/mol. The fourth-order valence-electron chi connectivity index (χ4n) is 2.98. The van der Waals surface area contributed by atoms with Crippen LogP contribution in [0, 0.1) is 5.41 Å². The van der Waals surface area contributed by atoms with Crippen LogP contribution in [0.25, 0.3) is 0 Å². The fraction of sp³-hybridized carbons (Fsp3) is 0.800. The second kappa shape index (κ2) is 5.63. The van der Waals surface area contributed by atoms with Gasteiger partial charge in [-0.2, -0.15) is 5.10 Å². The Hall–Kier alpha value is -0.870. The Labute approximate surface area is 116 Å². The minimum Gasteiger partial charge on any atom is -0.392 e. The number of hydrogen-bond acceptors (Lipinski definition) is 3. The van der Waals surface area contributed by atoms with Crippen LogP contribution in [0.2, 0.25) is 0 Å². The molecular formula is C15H27N3O. The number of fused-ring (bicyclic) bond motifs is 1. The van der Waals surface area contributed by atoms with Crippen molar-refractivity contribution >= 4 is 0 Å². The molecule has 0 aliphatic heterocycles. The van der Waals surface area contributed by atoms with Gasteiger partial charge in [0.1, 0.15) is 0 Å². The molecule has 2 unspecified atom stereocenters. The van der Waals surface area contributed by atoms with E-state index in [-0.39, 0.29) is 11.5 Å². The number of nitrogens with one attached hydrogen (secondary N) is 1. The first-order valence-corrected chi connectivity index (χ1v) is 7.29. The minimum atomic E-state index is -0.276. The second-order valence-corrected chi connectivity index (χ2v) is 6.94. The van der Waals surface area contributed by atoms with Crippen LogP contribution in [0.15, 0.2) is 6.20 Å². The molecule has 0 saturated carbocycles. The molecule has 1 aromatic rings. The first-order valence-electron chi connectivity index (χ1n) is 7.29. The zero-order valence-electron chi connectivity index (χ0n) is 12.6. The lowest BCUT2D eigenvalue weighted by Crippen LogP contribution is -2.34. The van der Waals surface area contributed by atoms with Crippen molar-refractivity contribution in [3.8, 4) is 0 Å². The van der Waals surface area contributed by atoms with Gasteiger partial charge in [-0.05, 0) is 31.1 Å². The molecule has 19 heavy (non-hydrogen) atoms. The van der Waals surface area contributed by atoms with Gasteiger partial charge < -0.3 is 10.4 Å². The second-order valence-electron chi connectivity index (χ2n) is 6.94. The SMILES string of the molecule is Cn1ncc2c1CCCC2NCC(O)CC(C)(C)C. The van der Waals surface area contributed by atoms with E-state index in [0.29, 0.717) is 12.6 Å². The van der Waals surface area contributed by atoms with Crippen LogP contribution in [0.5, 0.6) is 0 Å². The third-order valence-corrected chi connectivity index (χ3v) is 3.82. The molecule has 4 heteroatoms. The minimum absolute atomic E-state index is 0.174. The average molecular weight is 265 g/mol. The molecular weight excluding hydrogens is 238 g/mol. The Morgan fingerprint density at radius 1 is 1.53 bits per heavy atom. The maximum absolute atomic E-state index is 10.1. The van der Waals surface area contributed by atoms with Crippen molar-refractivity contribution in [3.63, 3.8) is 0 Å². The third-order valence-electron chi connectivity index (χ3n) is 3.82. The van der Waals surface area contributed by atoms with E-state index in [1.807, 2.05) is 17.9 Å². The summed E-state index contributed by atoms with van der Waals surface area (Å²) in [6.07, 6.45) is 5.98. The van der Waals surface area contributed by atoms with Crippen molar-refractivity contribution in [2.45, 2.75) is 58.6 Å². The van der Waals surface area contributed by atoms with E-state index in [1.165, 1.54) is 17.7 Å². The first kappa shape index (κ1) is 14.5. The topological polar surface area (TPSA) is 50.1 Å². The number of aryl methyl sites for hydroxylation is 1. The zero-order chi connectivity index (χ0) is 14.0. The normalized spacial score (nSPS) is 21.2. The van der Waals surface area contributed by atoms with Crippen LogP contribution in [-0.4, -0.2) is 27.5 Å². The maximum Gasteiger partial charge on any atom is 0.0669 e. The Morgan fingerprint density at radius 2 is 2.26 bits per heavy atom. The number of hydrogen-bond donors (Lipinski definition) is 2. The van der Waals surface area contributed by atoms with Crippen LogP contribution >= 0.6 is 0 Å². The number of nitrogens with zero attached hydrogens (tertiary/aromatic N) is 2. The summed E-state index contributed by atoms with van der Waals surface area (Å²) < 4.78 is 1.98. The van der Waals surface area contributed by atoms with Gasteiger partial charge in [0.15, 0.2) is 0 Å². The molecule has 0 aromatic carbocycles. The van der Waals surface area contributed by atoms with Crippen LogP contribution in [0.4, 0.5) is 0 Å². The van der Waals surface area contributed by atoms with Crippen molar-refractivity contribution in [2.75, 3.05) is 6.54 Å². The molecule has 2 atom stereocenters. The monoisotopic (exact) mass is 265 g/mol. The molecule has 0 saturated heterocycles. The summed E-state index contributed by atoms with van der Waals surface area (Å²) in [5.41, 5.74) is 2.83. The zero-order valence-corrected chi connectivity index (χ0v) is 12.6. The highest BCUT2D eigenvalue weighted by Crippen LogP contribution is 2.29. The molecule has 1 heterocycles. The summed E-state index contributed by atoms with van der Waals surface area (Å²) in [5, 5.41) is 17.9. The van der Waals surface area contributed by atoms with E-state index in [2.05, 4.69) is 31.2 Å². The highest BCUT2D eigenvalue weighted by atomic mass is 16.3. The van der Waals surface area contributed by atoms with Gasteiger partial charge in [-0.15, -0.1) is 0 Å². The van der Waals surface area contributed by atoms with Gasteiger partial charge in [0.2, 0.25) is 0 Å². The standard InChI is InChI=1S/C15H27N3O/c1-15(2,3)8-11(19)9-16-13-6-5-7-14-12(13)10-17-18(14)4/h10-11,13,16,19H,5-9H2,1-4H3. The van der Waals surface area contributed by atoms with E-state index < -0.39 is 0 Å².